The second kappa shape index (κ2) is 8.30. The van der Waals surface area contributed by atoms with Crippen LogP contribution in [0.15, 0.2) is 0 Å². The van der Waals surface area contributed by atoms with Crippen LogP contribution in [0.1, 0.15) is 13.3 Å². The lowest BCUT2D eigenvalue weighted by molar-refractivity contribution is -0.147. The third-order valence-electron chi connectivity index (χ3n) is 2.64. The first kappa shape index (κ1) is 17.2. The van der Waals surface area contributed by atoms with Crippen LogP contribution in [0.25, 0.3) is 0 Å². The molecule has 0 rings (SSSR count). The second-order valence-corrected chi connectivity index (χ2v) is 4.34. The van der Waals surface area contributed by atoms with Gasteiger partial charge in [0.2, 0.25) is 0 Å². The second-order valence-electron chi connectivity index (χ2n) is 4.34. The fourth-order valence-corrected chi connectivity index (χ4v) is 1.08. The van der Waals surface area contributed by atoms with E-state index in [1.165, 1.54) is 0 Å². The van der Waals surface area contributed by atoms with Crippen molar-refractivity contribution in [3.8, 4) is 0 Å². The van der Waals surface area contributed by atoms with Crippen molar-refractivity contribution >= 4 is 18.0 Å². The van der Waals surface area contributed by atoms with Gasteiger partial charge in [0.25, 0.3) is 0 Å². The highest BCUT2D eigenvalue weighted by atomic mass is 16.5. The van der Waals surface area contributed by atoms with E-state index in [0.29, 0.717) is 6.54 Å². The van der Waals surface area contributed by atoms with E-state index in [9.17, 15) is 14.4 Å². The van der Waals surface area contributed by atoms with Gasteiger partial charge in [-0.05, 0) is 21.0 Å². The normalized spacial score (nSPS) is 13.5. The lowest BCUT2D eigenvalue weighted by atomic mass is 10.2. The summed E-state index contributed by atoms with van der Waals surface area (Å²) in [5.74, 6) is -1.99. The summed E-state index contributed by atoms with van der Waals surface area (Å²) in [6.07, 6.45) is -0.414. The van der Waals surface area contributed by atoms with Gasteiger partial charge in [0.15, 0.2) is 0 Å². The number of aliphatic carboxylic acids is 1. The van der Waals surface area contributed by atoms with Gasteiger partial charge in [0.05, 0.1) is 13.5 Å². The minimum atomic E-state index is -1.30. The molecule has 2 atom stereocenters. The molecule has 0 fully saturated rings. The molecule has 2 amide bonds. The molecule has 0 aliphatic rings. The van der Waals surface area contributed by atoms with Gasteiger partial charge in [-0.15, -0.1) is 0 Å². The van der Waals surface area contributed by atoms with E-state index in [4.69, 9.17) is 5.11 Å². The number of hydrogen-bond donors (Lipinski definition) is 3. The van der Waals surface area contributed by atoms with Gasteiger partial charge in [0.1, 0.15) is 6.04 Å². The highest BCUT2D eigenvalue weighted by molar-refractivity contribution is 5.86. The first-order valence-corrected chi connectivity index (χ1v) is 5.78. The van der Waals surface area contributed by atoms with Crippen LogP contribution >= 0.6 is 0 Å². The van der Waals surface area contributed by atoms with Crippen molar-refractivity contribution in [3.63, 3.8) is 0 Å². The van der Waals surface area contributed by atoms with E-state index in [1.54, 1.807) is 0 Å². The monoisotopic (exact) mass is 275 g/mol. The molecule has 0 bridgehead atoms. The molecule has 0 spiro atoms. The van der Waals surface area contributed by atoms with Gasteiger partial charge in [-0.1, -0.05) is 0 Å². The summed E-state index contributed by atoms with van der Waals surface area (Å²) in [4.78, 5) is 35.3. The van der Waals surface area contributed by atoms with Gasteiger partial charge in [0, 0.05) is 12.6 Å². The number of carbonyl (C=O) groups excluding carboxylic acids is 2. The Morgan fingerprint density at radius 3 is 2.32 bits per heavy atom. The molecule has 0 saturated heterocycles. The molecular weight excluding hydrogens is 254 g/mol. The van der Waals surface area contributed by atoms with Crippen molar-refractivity contribution in [2.75, 3.05) is 27.7 Å². The molecule has 19 heavy (non-hydrogen) atoms. The summed E-state index contributed by atoms with van der Waals surface area (Å²) in [5, 5.41) is 13.6. The summed E-state index contributed by atoms with van der Waals surface area (Å²) in [6.45, 7) is 2.27. The zero-order valence-electron chi connectivity index (χ0n) is 11.6. The predicted molar refractivity (Wildman–Crippen MR) is 67.7 cm³/mol. The lowest BCUT2D eigenvalue weighted by Crippen LogP contribution is -2.49. The highest BCUT2D eigenvalue weighted by Gasteiger charge is 2.23. The summed E-state index contributed by atoms with van der Waals surface area (Å²) in [5.41, 5.74) is 0. The number of esters is 1. The average Bonchev–Trinajstić information content (AvgIpc) is 2.34. The standard InChI is InChI=1S/C11H21N3O5/c1-7(14(2)3)6-12-11(18)13-8(10(16)17)5-9(15)19-4/h7-8H,5-6H2,1-4H3,(H,16,17)(H2,12,13,18)/t7?,8-/m0/s1. The number of likely N-dealkylation sites (N-methyl/N-ethyl adjacent to an activating group) is 1. The molecule has 3 N–H and O–H groups in total. The summed E-state index contributed by atoms with van der Waals surface area (Å²) >= 11 is 0. The van der Waals surface area contributed by atoms with Crippen LogP contribution in [0.2, 0.25) is 0 Å². The zero-order valence-corrected chi connectivity index (χ0v) is 11.6. The SMILES string of the molecule is COC(=O)C[C@H](NC(=O)NCC(C)N(C)C)C(=O)O. The van der Waals surface area contributed by atoms with Crippen molar-refractivity contribution < 1.29 is 24.2 Å². The quantitative estimate of drug-likeness (QED) is 0.528. The molecule has 1 unspecified atom stereocenters. The molecule has 0 heterocycles. The van der Waals surface area contributed by atoms with Crippen LogP contribution in [-0.4, -0.2) is 67.8 Å². The number of carboxylic acid groups (broad SMARTS) is 1. The maximum atomic E-state index is 11.5. The number of carboxylic acids is 1. The Hall–Kier alpha value is -1.83. The molecule has 0 aromatic heterocycles. The molecule has 8 nitrogen and oxygen atoms in total. The van der Waals surface area contributed by atoms with Crippen molar-refractivity contribution in [1.29, 1.82) is 0 Å². The number of nitrogens with one attached hydrogen (secondary N) is 2. The Balaban J connectivity index is 4.25. The molecular formula is C11H21N3O5. The zero-order chi connectivity index (χ0) is 15.0. The molecule has 0 aromatic rings. The summed E-state index contributed by atoms with van der Waals surface area (Å²) < 4.78 is 4.36. The molecule has 0 aromatic carbocycles. The smallest absolute Gasteiger partial charge is 0.326 e. The largest absolute Gasteiger partial charge is 0.480 e. The minimum absolute atomic E-state index is 0.106. The van der Waals surface area contributed by atoms with E-state index in [1.807, 2.05) is 25.9 Å². The van der Waals surface area contributed by atoms with Crippen LogP contribution in [0.5, 0.6) is 0 Å². The molecule has 110 valence electrons. The number of rotatable bonds is 7. The summed E-state index contributed by atoms with van der Waals surface area (Å²) in [7, 11) is 4.88. The van der Waals surface area contributed by atoms with E-state index >= 15 is 0 Å². The number of ether oxygens (including phenoxy) is 1. The maximum absolute atomic E-state index is 11.5. The number of nitrogens with zero attached hydrogens (tertiary/aromatic N) is 1. The Morgan fingerprint density at radius 1 is 1.32 bits per heavy atom. The number of amides is 2. The number of methoxy groups -OCH3 is 1. The average molecular weight is 275 g/mol. The fraction of sp³-hybridized carbons (Fsp3) is 0.727. The highest BCUT2D eigenvalue weighted by Crippen LogP contribution is 1.95. The Kier molecular flexibility index (Phi) is 7.50. The van der Waals surface area contributed by atoms with Gasteiger partial charge in [-0.25, -0.2) is 9.59 Å². The minimum Gasteiger partial charge on any atom is -0.480 e. The van der Waals surface area contributed by atoms with Crippen LogP contribution in [0, 0.1) is 0 Å². The van der Waals surface area contributed by atoms with Gasteiger partial charge < -0.3 is 25.4 Å². The third-order valence-corrected chi connectivity index (χ3v) is 2.64. The molecule has 0 radical (unpaired) electrons. The van der Waals surface area contributed by atoms with E-state index in [-0.39, 0.29) is 6.04 Å². The lowest BCUT2D eigenvalue weighted by Gasteiger charge is -2.21. The van der Waals surface area contributed by atoms with Crippen molar-refractivity contribution in [1.82, 2.24) is 15.5 Å². The van der Waals surface area contributed by atoms with Crippen LogP contribution in [-0.2, 0) is 14.3 Å². The van der Waals surface area contributed by atoms with E-state index < -0.39 is 30.4 Å². The molecule has 0 aliphatic carbocycles. The van der Waals surface area contributed by atoms with Crippen LogP contribution in [0.3, 0.4) is 0 Å². The Labute approximate surface area is 112 Å². The van der Waals surface area contributed by atoms with Crippen molar-refractivity contribution in [3.05, 3.63) is 0 Å². The predicted octanol–water partition coefficient (Wildman–Crippen LogP) is -0.748. The molecule has 0 aliphatic heterocycles. The van der Waals surface area contributed by atoms with Gasteiger partial charge >= 0.3 is 18.0 Å². The number of carbonyl (C=O) groups is 3. The van der Waals surface area contributed by atoms with Crippen LogP contribution < -0.4 is 10.6 Å². The van der Waals surface area contributed by atoms with E-state index in [0.717, 1.165) is 7.11 Å². The molecule has 8 heteroatoms. The van der Waals surface area contributed by atoms with Crippen LogP contribution in [0.4, 0.5) is 4.79 Å². The van der Waals surface area contributed by atoms with Crippen molar-refractivity contribution in [2.24, 2.45) is 0 Å². The Bertz CT molecular complexity index is 332. The third kappa shape index (κ3) is 7.24. The number of hydrogen-bond acceptors (Lipinski definition) is 5. The van der Waals surface area contributed by atoms with Gasteiger partial charge in [-0.3, -0.25) is 4.79 Å². The maximum Gasteiger partial charge on any atom is 0.326 e. The van der Waals surface area contributed by atoms with Crippen molar-refractivity contribution in [2.45, 2.75) is 25.4 Å². The number of urea groups is 1. The molecule has 0 saturated carbocycles. The van der Waals surface area contributed by atoms with Gasteiger partial charge in [-0.2, -0.15) is 0 Å². The first-order valence-electron chi connectivity index (χ1n) is 5.78. The summed E-state index contributed by atoms with van der Waals surface area (Å²) in [6, 6.07) is -1.83. The Morgan fingerprint density at radius 2 is 1.89 bits per heavy atom. The first-order chi connectivity index (χ1) is 8.77. The van der Waals surface area contributed by atoms with E-state index in [2.05, 4.69) is 15.4 Å². The topological polar surface area (TPSA) is 108 Å². The fourth-order valence-electron chi connectivity index (χ4n) is 1.08.